The van der Waals surface area contributed by atoms with Gasteiger partial charge in [-0.05, 0) is 43.3 Å². The molecule has 3 heterocycles. The molecular formula is C29H23F4N5NaO6P. The summed E-state index contributed by atoms with van der Waals surface area (Å²) in [5.74, 6) is -1.30. The number of fused-ring (bicyclic) bond motifs is 1. The third kappa shape index (κ3) is 8.42. The number of aryl methyl sites for hydroxylation is 1. The largest absolute Gasteiger partial charge is 1.00 e. The van der Waals surface area contributed by atoms with E-state index < -0.39 is 44.0 Å². The average molecular weight is 667 g/mol. The minimum atomic E-state index is -4.96. The third-order valence-electron chi connectivity index (χ3n) is 6.54. The number of halogens is 4. The van der Waals surface area contributed by atoms with E-state index in [1.807, 2.05) is 0 Å². The Hall–Kier alpha value is -3.56. The van der Waals surface area contributed by atoms with Gasteiger partial charge in [0, 0.05) is 24.4 Å². The van der Waals surface area contributed by atoms with Gasteiger partial charge in [0.25, 0.3) is 7.82 Å². The number of hydrogen-bond acceptors (Lipinski definition) is 9. The first-order valence-electron chi connectivity index (χ1n) is 13.3. The number of carbonyl (C=O) groups is 1. The number of alkyl halides is 3. The molecule has 0 bridgehead atoms. The van der Waals surface area contributed by atoms with Gasteiger partial charge in [-0.15, -0.1) is 0 Å². The van der Waals surface area contributed by atoms with E-state index in [0.717, 1.165) is 6.07 Å². The maximum absolute atomic E-state index is 14.4. The van der Waals surface area contributed by atoms with E-state index in [1.165, 1.54) is 72.4 Å². The van der Waals surface area contributed by atoms with Gasteiger partial charge < -0.3 is 23.6 Å². The number of ether oxygens (including phenoxy) is 1. The van der Waals surface area contributed by atoms with Crippen molar-refractivity contribution in [2.24, 2.45) is 0 Å². The summed E-state index contributed by atoms with van der Waals surface area (Å²) in [5.41, 5.74) is 0.0642. The number of carbonyl (C=O) groups excluding carboxylic acids is 1. The fraction of sp³-hybridized carbons (Fsp3) is 0.207. The quantitative estimate of drug-likeness (QED) is 0.0770. The number of rotatable bonds is 10. The van der Waals surface area contributed by atoms with Crippen molar-refractivity contribution in [2.75, 3.05) is 13.2 Å². The zero-order valence-corrected chi connectivity index (χ0v) is 27.2. The Morgan fingerprint density at radius 3 is 2.41 bits per heavy atom. The molecule has 1 aromatic heterocycles. The number of esters is 1. The molecule has 2 aromatic carbocycles. The van der Waals surface area contributed by atoms with Gasteiger partial charge in [0.15, 0.2) is 11.9 Å². The molecule has 1 N–H and O–H groups in total. The van der Waals surface area contributed by atoms with Gasteiger partial charge in [0.2, 0.25) is 0 Å². The SMILES string of the molecule is Cc1ccc(-c2ccc(C(C(=O)OCCCOP(=O)([O-])O)n3ccc4nc(-c5ccccc5F)nc-4c3)nn2)c(C(F)(F)F)c1.[Na+]. The molecule has 2 atom stereocenters. The molecule has 0 saturated carbocycles. The van der Waals surface area contributed by atoms with Gasteiger partial charge >= 0.3 is 41.7 Å². The molecule has 3 aromatic rings. The predicted octanol–water partition coefficient (Wildman–Crippen LogP) is 1.98. The van der Waals surface area contributed by atoms with Crippen LogP contribution in [-0.2, 0) is 24.8 Å². The second kappa shape index (κ2) is 14.5. The Balaban J connectivity index is 0.00000480. The Morgan fingerprint density at radius 2 is 1.74 bits per heavy atom. The maximum Gasteiger partial charge on any atom is 1.00 e. The summed E-state index contributed by atoms with van der Waals surface area (Å²) >= 11 is 0. The molecule has 0 saturated heterocycles. The molecule has 0 amide bonds. The van der Waals surface area contributed by atoms with Crippen molar-refractivity contribution in [3.8, 4) is 34.0 Å². The molecule has 0 fully saturated rings. The summed E-state index contributed by atoms with van der Waals surface area (Å²) in [6.07, 6.45) is -1.83. The van der Waals surface area contributed by atoms with Crippen molar-refractivity contribution in [1.29, 1.82) is 0 Å². The predicted molar refractivity (Wildman–Crippen MR) is 149 cm³/mol. The van der Waals surface area contributed by atoms with E-state index in [4.69, 9.17) is 9.63 Å². The number of aromatic nitrogens is 5. The third-order valence-corrected chi connectivity index (χ3v) is 7.05. The van der Waals surface area contributed by atoms with Crippen LogP contribution in [0.15, 0.2) is 73.1 Å². The molecule has 2 aliphatic heterocycles. The normalized spacial score (nSPS) is 13.5. The van der Waals surface area contributed by atoms with Crippen LogP contribution in [0.5, 0.6) is 0 Å². The Kier molecular flexibility index (Phi) is 11.1. The number of hydrogen-bond donors (Lipinski definition) is 1. The van der Waals surface area contributed by atoms with E-state index >= 15 is 0 Å². The zero-order valence-electron chi connectivity index (χ0n) is 24.3. The molecule has 5 rings (SSSR count). The molecule has 2 unspecified atom stereocenters. The fourth-order valence-corrected chi connectivity index (χ4v) is 4.84. The average Bonchev–Trinajstić information content (AvgIpc) is 3.40. The monoisotopic (exact) mass is 667 g/mol. The van der Waals surface area contributed by atoms with Crippen LogP contribution in [-0.4, -0.2) is 48.8 Å². The summed E-state index contributed by atoms with van der Waals surface area (Å²) in [6.45, 7) is 0.766. The molecule has 17 heteroatoms. The second-order valence-corrected chi connectivity index (χ2v) is 11.0. The molecule has 2 aliphatic rings. The standard InChI is InChI=1S/C29H24F4N5O6P.Na/c1-17-7-8-18(20(15-17)29(31,32)33)22-9-10-24(37-36-22)26(28(39)43-13-4-14-44-45(40,41)42)38-12-11-23-25(16-38)35-27(34-23)19-5-2-3-6-21(19)30;/h2-3,5-12,15-16,26H,4,13-14H2,1H3,(H2,40,41,42);/q;+1/p-1. The fourth-order valence-electron chi connectivity index (χ4n) is 4.48. The van der Waals surface area contributed by atoms with Crippen molar-refractivity contribution < 1.29 is 75.5 Å². The minimum Gasteiger partial charge on any atom is -0.756 e. The van der Waals surface area contributed by atoms with Gasteiger partial charge in [-0.3, -0.25) is 4.57 Å². The van der Waals surface area contributed by atoms with Crippen LogP contribution in [0.25, 0.3) is 34.0 Å². The van der Waals surface area contributed by atoms with E-state index in [0.29, 0.717) is 11.3 Å². The van der Waals surface area contributed by atoms with Crippen molar-refractivity contribution in [2.45, 2.75) is 25.6 Å². The second-order valence-electron chi connectivity index (χ2n) is 9.81. The topological polar surface area (TPSA) is 152 Å². The Bertz CT molecular complexity index is 1850. The zero-order chi connectivity index (χ0) is 32.4. The van der Waals surface area contributed by atoms with Crippen LogP contribution >= 0.6 is 7.82 Å². The van der Waals surface area contributed by atoms with Crippen LogP contribution in [0, 0.1) is 12.7 Å². The number of pyridine rings is 1. The number of nitrogens with zero attached hydrogens (tertiary/aromatic N) is 5. The van der Waals surface area contributed by atoms with Crippen molar-refractivity contribution in [3.05, 3.63) is 95.7 Å². The van der Waals surface area contributed by atoms with Crippen LogP contribution < -0.4 is 34.5 Å². The summed E-state index contributed by atoms with van der Waals surface area (Å²) < 4.78 is 77.3. The van der Waals surface area contributed by atoms with Gasteiger partial charge in [0.05, 0.1) is 41.4 Å². The summed E-state index contributed by atoms with van der Waals surface area (Å²) in [4.78, 5) is 41.6. The molecule has 0 spiro atoms. The van der Waals surface area contributed by atoms with E-state index in [2.05, 4.69) is 24.7 Å². The number of benzene rings is 2. The van der Waals surface area contributed by atoms with Crippen LogP contribution in [0.3, 0.4) is 0 Å². The smallest absolute Gasteiger partial charge is 0.756 e. The van der Waals surface area contributed by atoms with Gasteiger partial charge in [-0.25, -0.2) is 19.2 Å². The minimum absolute atomic E-state index is 0. The van der Waals surface area contributed by atoms with Crippen LogP contribution in [0.2, 0.25) is 0 Å². The van der Waals surface area contributed by atoms with Gasteiger partial charge in [0.1, 0.15) is 11.5 Å². The van der Waals surface area contributed by atoms with Crippen LogP contribution in [0.1, 0.15) is 29.3 Å². The first kappa shape index (κ1) is 35.3. The molecule has 234 valence electrons. The summed E-state index contributed by atoms with van der Waals surface area (Å²) in [6, 6.07) is 12.5. The van der Waals surface area contributed by atoms with Crippen molar-refractivity contribution in [3.63, 3.8) is 0 Å². The molecular weight excluding hydrogens is 644 g/mol. The molecule has 11 nitrogen and oxygen atoms in total. The van der Waals surface area contributed by atoms with Crippen LogP contribution in [0.4, 0.5) is 17.6 Å². The van der Waals surface area contributed by atoms with Crippen molar-refractivity contribution >= 4 is 13.8 Å². The number of imidazole rings is 1. The first-order valence-corrected chi connectivity index (χ1v) is 14.8. The Labute approximate surface area is 281 Å². The molecule has 0 radical (unpaired) electrons. The van der Waals surface area contributed by atoms with E-state index in [9.17, 15) is 31.8 Å². The summed E-state index contributed by atoms with van der Waals surface area (Å²) in [5, 5.41) is 8.04. The van der Waals surface area contributed by atoms with Gasteiger partial charge in [-0.2, -0.15) is 23.4 Å². The summed E-state index contributed by atoms with van der Waals surface area (Å²) in [7, 11) is -4.96. The van der Waals surface area contributed by atoms with Gasteiger partial charge in [-0.1, -0.05) is 29.8 Å². The van der Waals surface area contributed by atoms with E-state index in [1.54, 1.807) is 6.07 Å². The molecule has 46 heavy (non-hydrogen) atoms. The Morgan fingerprint density at radius 1 is 1.00 bits per heavy atom. The number of phosphoric acid groups is 1. The van der Waals surface area contributed by atoms with E-state index in [-0.39, 0.29) is 76.6 Å². The first-order chi connectivity index (χ1) is 21.3. The van der Waals surface area contributed by atoms with Crippen molar-refractivity contribution in [1.82, 2.24) is 24.7 Å². The molecule has 0 aliphatic carbocycles. The maximum atomic E-state index is 14.4. The number of phosphoric ester groups is 1.